The predicted molar refractivity (Wildman–Crippen MR) is 36.4 cm³/mol. The fourth-order valence-corrected chi connectivity index (χ4v) is 1.31. The molecule has 0 amide bonds. The molecule has 1 fully saturated rings. The van der Waals surface area contributed by atoms with Gasteiger partial charge in [-0.2, -0.15) is 5.10 Å². The fourth-order valence-electron chi connectivity index (χ4n) is 1.31. The molecule has 2 rings (SSSR count). The van der Waals surface area contributed by atoms with E-state index < -0.39 is 0 Å². The van der Waals surface area contributed by atoms with Crippen molar-refractivity contribution >= 4 is 11.6 Å². The van der Waals surface area contributed by atoms with Gasteiger partial charge in [-0.15, -0.1) is 0 Å². The summed E-state index contributed by atoms with van der Waals surface area (Å²) in [5, 5.41) is 3.88. The number of nitrogens with zero attached hydrogens (tertiary/aromatic N) is 2. The number of fused-ring (bicyclic) bond motifs is 1. The number of hydrazone groups is 1. The number of amidine groups is 1. The lowest BCUT2D eigenvalue weighted by molar-refractivity contribution is -0.114. The summed E-state index contributed by atoms with van der Waals surface area (Å²) in [4.78, 5) is 13.0. The van der Waals surface area contributed by atoms with Crippen molar-refractivity contribution < 1.29 is 4.79 Å². The first-order chi connectivity index (χ1) is 4.88. The minimum Gasteiger partial charge on any atom is -0.333 e. The molecule has 2 aliphatic rings. The molecular weight excluding hydrogens is 130 g/mol. The quantitative estimate of drug-likeness (QED) is 0.493. The molecule has 0 spiro atoms. The predicted octanol–water partition coefficient (Wildman–Crippen LogP) is -0.474. The maximum Gasteiger partial charge on any atom is 0.199 e. The average Bonchev–Trinajstić information content (AvgIpc) is 2.36. The lowest BCUT2D eigenvalue weighted by Crippen LogP contribution is -2.39. The zero-order valence-corrected chi connectivity index (χ0v) is 5.63. The van der Waals surface area contributed by atoms with Crippen molar-refractivity contribution in [1.82, 2.24) is 10.3 Å². The molecule has 0 saturated carbocycles. The Morgan fingerprint density at radius 2 is 2.50 bits per heavy atom. The standard InChI is InChI=1S/C6H9N3O/c10-5-2-1-3-9-4-7-8-6(5)9/h7H,1-4H2. The fraction of sp³-hybridized carbons (Fsp3) is 0.667. The van der Waals surface area contributed by atoms with E-state index >= 15 is 0 Å². The summed E-state index contributed by atoms with van der Waals surface area (Å²) in [7, 11) is 0. The van der Waals surface area contributed by atoms with Gasteiger partial charge in [0.05, 0.1) is 0 Å². The van der Waals surface area contributed by atoms with Crippen LogP contribution in [0.1, 0.15) is 12.8 Å². The number of carbonyl (C=O) groups excluding carboxylic acids is 1. The third-order valence-corrected chi connectivity index (χ3v) is 1.83. The Balaban J connectivity index is 2.22. The first-order valence-electron chi connectivity index (χ1n) is 3.46. The first kappa shape index (κ1) is 5.70. The van der Waals surface area contributed by atoms with E-state index in [-0.39, 0.29) is 5.78 Å². The van der Waals surface area contributed by atoms with Crippen molar-refractivity contribution in [2.24, 2.45) is 5.10 Å². The van der Waals surface area contributed by atoms with Crippen molar-refractivity contribution in [2.45, 2.75) is 12.8 Å². The van der Waals surface area contributed by atoms with E-state index in [0.717, 1.165) is 13.0 Å². The van der Waals surface area contributed by atoms with E-state index in [4.69, 9.17) is 0 Å². The molecule has 0 aromatic rings. The van der Waals surface area contributed by atoms with Crippen molar-refractivity contribution in [3.05, 3.63) is 0 Å². The highest BCUT2D eigenvalue weighted by molar-refractivity contribution is 6.39. The Morgan fingerprint density at radius 3 is 3.30 bits per heavy atom. The summed E-state index contributed by atoms with van der Waals surface area (Å²) < 4.78 is 0. The van der Waals surface area contributed by atoms with Gasteiger partial charge in [-0.05, 0) is 6.42 Å². The van der Waals surface area contributed by atoms with Gasteiger partial charge in [0, 0.05) is 13.0 Å². The molecular formula is C6H9N3O. The van der Waals surface area contributed by atoms with Crippen LogP contribution in [0.25, 0.3) is 0 Å². The van der Waals surface area contributed by atoms with Gasteiger partial charge < -0.3 is 4.90 Å². The molecule has 0 bridgehead atoms. The summed E-state index contributed by atoms with van der Waals surface area (Å²) in [6.07, 6.45) is 1.64. The van der Waals surface area contributed by atoms with Gasteiger partial charge in [0.25, 0.3) is 0 Å². The number of nitrogens with one attached hydrogen (secondary N) is 1. The first-order valence-corrected chi connectivity index (χ1v) is 3.46. The van der Waals surface area contributed by atoms with E-state index in [0.29, 0.717) is 18.9 Å². The summed E-state index contributed by atoms with van der Waals surface area (Å²) in [5.41, 5.74) is 2.79. The minimum atomic E-state index is 0.177. The van der Waals surface area contributed by atoms with Crippen LogP contribution in [-0.4, -0.2) is 29.7 Å². The summed E-state index contributed by atoms with van der Waals surface area (Å²) in [6.45, 7) is 1.68. The number of hydrogen-bond acceptors (Lipinski definition) is 4. The Hall–Kier alpha value is -1.06. The molecule has 0 radical (unpaired) electrons. The maximum atomic E-state index is 11.1. The zero-order valence-electron chi connectivity index (χ0n) is 5.63. The van der Waals surface area contributed by atoms with Gasteiger partial charge in [-0.25, -0.2) is 0 Å². The third kappa shape index (κ3) is 0.683. The molecule has 0 aliphatic carbocycles. The maximum absolute atomic E-state index is 11.1. The van der Waals surface area contributed by atoms with E-state index in [2.05, 4.69) is 10.5 Å². The Bertz CT molecular complexity index is 199. The molecule has 0 unspecified atom stereocenters. The Kier molecular flexibility index (Phi) is 1.12. The van der Waals surface area contributed by atoms with Crippen LogP contribution >= 0.6 is 0 Å². The molecule has 0 aromatic heterocycles. The number of rotatable bonds is 0. The largest absolute Gasteiger partial charge is 0.333 e. The molecule has 4 nitrogen and oxygen atoms in total. The highest BCUT2D eigenvalue weighted by atomic mass is 16.1. The SMILES string of the molecule is O=C1CCCN2CNN=C12. The van der Waals surface area contributed by atoms with Crippen molar-refractivity contribution in [1.29, 1.82) is 0 Å². The lowest BCUT2D eigenvalue weighted by atomic mass is 10.1. The number of hydrogen-bond donors (Lipinski definition) is 1. The van der Waals surface area contributed by atoms with Crippen LogP contribution in [-0.2, 0) is 4.79 Å². The monoisotopic (exact) mass is 139 g/mol. The normalized spacial score (nSPS) is 23.8. The van der Waals surface area contributed by atoms with E-state index in [9.17, 15) is 4.79 Å². The highest BCUT2D eigenvalue weighted by Crippen LogP contribution is 2.10. The Morgan fingerprint density at radius 1 is 1.60 bits per heavy atom. The summed E-state index contributed by atoms with van der Waals surface area (Å²) in [5.74, 6) is 0.808. The lowest BCUT2D eigenvalue weighted by Gasteiger charge is -2.21. The van der Waals surface area contributed by atoms with Gasteiger partial charge in [-0.1, -0.05) is 0 Å². The van der Waals surface area contributed by atoms with E-state index in [1.54, 1.807) is 0 Å². The number of ketones is 1. The van der Waals surface area contributed by atoms with Gasteiger partial charge >= 0.3 is 0 Å². The number of Topliss-reactive ketones (excluding diaryl/α,β-unsaturated/α-hetero) is 1. The topological polar surface area (TPSA) is 44.7 Å². The van der Waals surface area contributed by atoms with E-state index in [1.165, 1.54) is 0 Å². The van der Waals surface area contributed by atoms with Crippen LogP contribution in [0.3, 0.4) is 0 Å². The van der Waals surface area contributed by atoms with E-state index in [1.807, 2.05) is 4.90 Å². The second kappa shape index (κ2) is 1.97. The van der Waals surface area contributed by atoms with Crippen LogP contribution < -0.4 is 5.43 Å². The Labute approximate surface area is 58.9 Å². The smallest absolute Gasteiger partial charge is 0.199 e. The van der Waals surface area contributed by atoms with Crippen LogP contribution in [0.4, 0.5) is 0 Å². The summed E-state index contributed by atoms with van der Waals surface area (Å²) in [6, 6.07) is 0. The molecule has 4 heteroatoms. The molecule has 0 aromatic carbocycles. The molecule has 1 saturated heterocycles. The van der Waals surface area contributed by atoms with Gasteiger partial charge in [0.1, 0.15) is 6.67 Å². The average molecular weight is 139 g/mol. The van der Waals surface area contributed by atoms with Crippen LogP contribution in [0.15, 0.2) is 5.10 Å². The molecule has 1 N–H and O–H groups in total. The second-order valence-electron chi connectivity index (χ2n) is 2.54. The molecule has 54 valence electrons. The van der Waals surface area contributed by atoms with Gasteiger partial charge in [-0.3, -0.25) is 10.2 Å². The number of carbonyl (C=O) groups is 1. The molecule has 2 heterocycles. The molecule has 0 atom stereocenters. The molecule has 10 heavy (non-hydrogen) atoms. The third-order valence-electron chi connectivity index (χ3n) is 1.83. The van der Waals surface area contributed by atoms with Gasteiger partial charge in [0.15, 0.2) is 11.6 Å². The van der Waals surface area contributed by atoms with Crippen molar-refractivity contribution in [3.8, 4) is 0 Å². The van der Waals surface area contributed by atoms with Crippen LogP contribution in [0, 0.1) is 0 Å². The minimum absolute atomic E-state index is 0.177. The van der Waals surface area contributed by atoms with Crippen LogP contribution in [0.2, 0.25) is 0 Å². The zero-order chi connectivity index (χ0) is 6.97. The van der Waals surface area contributed by atoms with Crippen molar-refractivity contribution in [3.63, 3.8) is 0 Å². The molecule has 2 aliphatic heterocycles. The summed E-state index contributed by atoms with van der Waals surface area (Å²) >= 11 is 0. The van der Waals surface area contributed by atoms with Crippen LogP contribution in [0.5, 0.6) is 0 Å². The number of piperidine rings is 1. The van der Waals surface area contributed by atoms with Gasteiger partial charge in [0.2, 0.25) is 0 Å². The highest BCUT2D eigenvalue weighted by Gasteiger charge is 2.26. The van der Waals surface area contributed by atoms with Crippen molar-refractivity contribution in [2.75, 3.05) is 13.2 Å². The second-order valence-corrected chi connectivity index (χ2v) is 2.54.